The Bertz CT molecular complexity index is 962. The lowest BCUT2D eigenvalue weighted by Crippen LogP contribution is -2.25. The van der Waals surface area contributed by atoms with Crippen LogP contribution in [0.3, 0.4) is 0 Å². The molecule has 0 fully saturated rings. The average molecular weight is 328 g/mol. The Balaban J connectivity index is 2.05. The molecule has 1 amide bonds. The first kappa shape index (κ1) is 15.2. The van der Waals surface area contributed by atoms with E-state index in [1.165, 1.54) is 4.40 Å². The molecule has 6 heteroatoms. The molecule has 5 nitrogen and oxygen atoms in total. The Morgan fingerprint density at radius 1 is 1.17 bits per heavy atom. The third-order valence-corrected chi connectivity index (χ3v) is 3.83. The minimum Gasteiger partial charge on any atom is -0.316 e. The lowest BCUT2D eigenvalue weighted by Gasteiger charge is -2.10. The molecule has 0 spiro atoms. The van der Waals surface area contributed by atoms with Crippen molar-refractivity contribution >= 4 is 28.8 Å². The van der Waals surface area contributed by atoms with E-state index in [2.05, 4.69) is 10.3 Å². The number of anilines is 1. The van der Waals surface area contributed by atoms with Gasteiger partial charge in [-0.3, -0.25) is 14.0 Å². The normalized spacial score (nSPS) is 10.7. The summed E-state index contributed by atoms with van der Waals surface area (Å²) in [6, 6.07) is 10.1. The van der Waals surface area contributed by atoms with Gasteiger partial charge < -0.3 is 5.32 Å². The zero-order valence-corrected chi connectivity index (χ0v) is 13.4. The number of pyridine rings is 1. The van der Waals surface area contributed by atoms with E-state index in [-0.39, 0.29) is 17.2 Å². The molecule has 1 aromatic carbocycles. The third-order valence-electron chi connectivity index (χ3n) is 3.58. The Hall–Kier alpha value is -2.66. The Morgan fingerprint density at radius 3 is 2.57 bits per heavy atom. The van der Waals surface area contributed by atoms with E-state index in [1.807, 2.05) is 13.0 Å². The van der Waals surface area contributed by atoms with Crippen LogP contribution in [0, 0.1) is 13.8 Å². The first-order valence-electron chi connectivity index (χ1n) is 7.03. The number of rotatable bonds is 2. The highest BCUT2D eigenvalue weighted by Crippen LogP contribution is 2.14. The molecule has 2 aromatic heterocycles. The van der Waals surface area contributed by atoms with Crippen molar-refractivity contribution in [1.29, 1.82) is 0 Å². The molecule has 3 aromatic rings. The van der Waals surface area contributed by atoms with Gasteiger partial charge in [0, 0.05) is 16.8 Å². The number of benzene rings is 1. The molecule has 0 atom stereocenters. The summed E-state index contributed by atoms with van der Waals surface area (Å²) in [6.45, 7) is 3.58. The number of fused-ring (bicyclic) bond motifs is 1. The van der Waals surface area contributed by atoms with Crippen molar-refractivity contribution in [1.82, 2.24) is 9.38 Å². The smallest absolute Gasteiger partial charge is 0.281 e. The van der Waals surface area contributed by atoms with Gasteiger partial charge in [0.1, 0.15) is 11.3 Å². The fourth-order valence-corrected chi connectivity index (χ4v) is 2.46. The van der Waals surface area contributed by atoms with E-state index in [1.54, 1.807) is 43.5 Å². The highest BCUT2D eigenvalue weighted by molar-refractivity contribution is 6.30. The molecular weight excluding hydrogens is 314 g/mol. The van der Waals surface area contributed by atoms with E-state index in [4.69, 9.17) is 11.6 Å². The standard InChI is InChI=1S/C17H14ClN3O2/c1-10-4-3-9-21-15(10)19-11(2)14(17(21)23)20-16(22)12-5-7-13(18)8-6-12/h3-9H,1-2H3,(H,20,22). The van der Waals surface area contributed by atoms with Gasteiger partial charge in [0.25, 0.3) is 11.5 Å². The summed E-state index contributed by atoms with van der Waals surface area (Å²) in [5, 5.41) is 3.19. The first-order chi connectivity index (χ1) is 11.0. The van der Waals surface area contributed by atoms with E-state index in [9.17, 15) is 9.59 Å². The fourth-order valence-electron chi connectivity index (χ4n) is 2.34. The zero-order valence-electron chi connectivity index (χ0n) is 12.6. The van der Waals surface area contributed by atoms with Crippen molar-refractivity contribution < 1.29 is 4.79 Å². The topological polar surface area (TPSA) is 63.5 Å². The zero-order chi connectivity index (χ0) is 16.6. The number of nitrogens with one attached hydrogen (secondary N) is 1. The highest BCUT2D eigenvalue weighted by atomic mass is 35.5. The number of carbonyl (C=O) groups excluding carboxylic acids is 1. The number of hydrogen-bond donors (Lipinski definition) is 1. The molecule has 116 valence electrons. The summed E-state index contributed by atoms with van der Waals surface area (Å²) in [4.78, 5) is 29.3. The second-order valence-corrected chi connectivity index (χ2v) is 5.66. The molecular formula is C17H14ClN3O2. The Labute approximate surface area is 137 Å². The number of halogens is 1. The molecule has 1 N–H and O–H groups in total. The number of amides is 1. The van der Waals surface area contributed by atoms with Crippen LogP contribution in [-0.2, 0) is 0 Å². The maximum absolute atomic E-state index is 12.6. The van der Waals surface area contributed by atoms with Gasteiger partial charge in [-0.25, -0.2) is 4.98 Å². The van der Waals surface area contributed by atoms with Crippen LogP contribution < -0.4 is 10.9 Å². The maximum atomic E-state index is 12.6. The van der Waals surface area contributed by atoms with Crippen LogP contribution >= 0.6 is 11.6 Å². The van der Waals surface area contributed by atoms with Gasteiger partial charge in [-0.1, -0.05) is 17.7 Å². The molecule has 2 heterocycles. The van der Waals surface area contributed by atoms with E-state index in [0.717, 1.165) is 5.56 Å². The molecule has 0 aliphatic rings. The summed E-state index contributed by atoms with van der Waals surface area (Å²) in [6.07, 6.45) is 1.63. The fraction of sp³-hybridized carbons (Fsp3) is 0.118. The van der Waals surface area contributed by atoms with Crippen LogP contribution in [0.1, 0.15) is 21.6 Å². The largest absolute Gasteiger partial charge is 0.316 e. The minimum atomic E-state index is -0.378. The van der Waals surface area contributed by atoms with Gasteiger partial charge in [-0.15, -0.1) is 0 Å². The van der Waals surface area contributed by atoms with Crippen LogP contribution in [0.4, 0.5) is 5.69 Å². The maximum Gasteiger partial charge on any atom is 0.281 e. The highest BCUT2D eigenvalue weighted by Gasteiger charge is 2.14. The van der Waals surface area contributed by atoms with E-state index < -0.39 is 0 Å². The first-order valence-corrected chi connectivity index (χ1v) is 7.40. The predicted molar refractivity (Wildman–Crippen MR) is 90.3 cm³/mol. The average Bonchev–Trinajstić information content (AvgIpc) is 2.53. The minimum absolute atomic E-state index is 0.174. The van der Waals surface area contributed by atoms with Crippen molar-refractivity contribution in [3.63, 3.8) is 0 Å². The quantitative estimate of drug-likeness (QED) is 0.786. The van der Waals surface area contributed by atoms with Crippen LogP contribution in [0.5, 0.6) is 0 Å². The number of nitrogens with zero attached hydrogens (tertiary/aromatic N) is 2. The molecule has 0 aliphatic heterocycles. The number of aromatic nitrogens is 2. The number of hydrogen-bond acceptors (Lipinski definition) is 3. The summed E-state index contributed by atoms with van der Waals surface area (Å²) in [5.41, 5.74) is 2.24. The lowest BCUT2D eigenvalue weighted by atomic mass is 10.2. The van der Waals surface area contributed by atoms with Crippen molar-refractivity contribution in [2.45, 2.75) is 13.8 Å². The molecule has 0 unspecified atom stereocenters. The van der Waals surface area contributed by atoms with Crippen LogP contribution in [0.2, 0.25) is 5.02 Å². The SMILES string of the molecule is Cc1nc2c(C)cccn2c(=O)c1NC(=O)c1ccc(Cl)cc1. The second-order valence-electron chi connectivity index (χ2n) is 5.22. The van der Waals surface area contributed by atoms with Crippen molar-refractivity contribution in [2.75, 3.05) is 5.32 Å². The predicted octanol–water partition coefficient (Wildman–Crippen LogP) is 3.22. The van der Waals surface area contributed by atoms with Crippen LogP contribution in [0.15, 0.2) is 47.4 Å². The van der Waals surface area contributed by atoms with Gasteiger partial charge in [-0.05, 0) is 49.7 Å². The van der Waals surface area contributed by atoms with Crippen molar-refractivity contribution in [3.05, 3.63) is 74.8 Å². The van der Waals surface area contributed by atoms with Gasteiger partial charge in [0.05, 0.1) is 5.69 Å². The number of carbonyl (C=O) groups is 1. The molecule has 23 heavy (non-hydrogen) atoms. The molecule has 0 aliphatic carbocycles. The van der Waals surface area contributed by atoms with Crippen molar-refractivity contribution in [3.8, 4) is 0 Å². The van der Waals surface area contributed by atoms with E-state index >= 15 is 0 Å². The Kier molecular flexibility index (Phi) is 3.88. The van der Waals surface area contributed by atoms with Crippen LogP contribution in [-0.4, -0.2) is 15.3 Å². The van der Waals surface area contributed by atoms with Gasteiger partial charge in [0.15, 0.2) is 0 Å². The summed E-state index contributed by atoms with van der Waals surface area (Å²) in [7, 11) is 0. The summed E-state index contributed by atoms with van der Waals surface area (Å²) >= 11 is 5.81. The molecule has 0 saturated heterocycles. The summed E-state index contributed by atoms with van der Waals surface area (Å²) < 4.78 is 1.43. The number of aryl methyl sites for hydroxylation is 2. The molecule has 0 bridgehead atoms. The van der Waals surface area contributed by atoms with Gasteiger partial charge in [-0.2, -0.15) is 0 Å². The summed E-state index contributed by atoms with van der Waals surface area (Å²) in [5.74, 6) is -0.378. The lowest BCUT2D eigenvalue weighted by molar-refractivity contribution is 0.102. The third kappa shape index (κ3) is 2.83. The monoisotopic (exact) mass is 327 g/mol. The molecule has 3 rings (SSSR count). The Morgan fingerprint density at radius 2 is 1.87 bits per heavy atom. The molecule has 0 saturated carbocycles. The second kappa shape index (κ2) is 5.85. The van der Waals surface area contributed by atoms with Crippen LogP contribution in [0.25, 0.3) is 5.65 Å². The van der Waals surface area contributed by atoms with Gasteiger partial charge >= 0.3 is 0 Å². The van der Waals surface area contributed by atoms with Crippen molar-refractivity contribution in [2.24, 2.45) is 0 Å². The van der Waals surface area contributed by atoms with Gasteiger partial charge in [0.2, 0.25) is 0 Å². The van der Waals surface area contributed by atoms with E-state index in [0.29, 0.717) is 21.9 Å². The molecule has 0 radical (unpaired) electrons.